The molecule has 0 aliphatic heterocycles. The average molecular weight is 110 g/mol. The number of Topliss-reactive ketones (excluding diaryl/α,β-unsaturated/α-hetero) is 1. The average Bonchev–Trinajstić information content (AvgIpc) is 1.66. The maximum Gasteiger partial charge on any atom is 0.170 e. The van der Waals surface area contributed by atoms with E-state index in [9.17, 15) is 4.79 Å². The van der Waals surface area contributed by atoms with E-state index in [2.05, 4.69) is 4.99 Å². The van der Waals surface area contributed by atoms with Crippen LogP contribution in [0.15, 0.2) is 4.99 Å². The number of hydrogen-bond acceptors (Lipinski definition) is 3. The van der Waals surface area contributed by atoms with Gasteiger partial charge in [0.2, 0.25) is 0 Å². The lowest BCUT2D eigenvalue weighted by Gasteiger charge is -1.73. The van der Waals surface area contributed by atoms with E-state index in [1.54, 1.807) is 6.07 Å². The predicted molar refractivity (Wildman–Crippen MR) is 29.7 cm³/mol. The Morgan fingerprint density at radius 3 is 3.00 bits per heavy atom. The molecule has 0 saturated heterocycles. The molecule has 0 aliphatic rings. The molecule has 0 spiro atoms. The van der Waals surface area contributed by atoms with E-state index in [1.165, 1.54) is 6.92 Å². The molecule has 0 unspecified atom stereocenters. The molecule has 0 amide bonds. The third-order valence-electron chi connectivity index (χ3n) is 0.435. The number of ketones is 1. The third kappa shape index (κ3) is 4.83. The first-order valence-electron chi connectivity index (χ1n) is 2.14. The van der Waals surface area contributed by atoms with Crippen LogP contribution in [-0.2, 0) is 4.79 Å². The van der Waals surface area contributed by atoms with Gasteiger partial charge in [-0.1, -0.05) is 0 Å². The molecule has 0 radical (unpaired) electrons. The first-order chi connectivity index (χ1) is 3.77. The summed E-state index contributed by atoms with van der Waals surface area (Å²) in [5.41, 5.74) is 0. The predicted octanol–water partition coefficient (Wildman–Crippen LogP) is 0.170. The number of aliphatic imine (C=N–C) groups is 1. The molecule has 8 heavy (non-hydrogen) atoms. The van der Waals surface area contributed by atoms with E-state index in [-0.39, 0.29) is 12.3 Å². The van der Waals surface area contributed by atoms with Gasteiger partial charge in [0.25, 0.3) is 0 Å². The van der Waals surface area contributed by atoms with Gasteiger partial charge in [-0.2, -0.15) is 5.26 Å². The van der Waals surface area contributed by atoms with Gasteiger partial charge in [0, 0.05) is 6.92 Å². The van der Waals surface area contributed by atoms with E-state index in [4.69, 9.17) is 5.26 Å². The van der Waals surface area contributed by atoms with Gasteiger partial charge in [-0.05, 0) is 0 Å². The van der Waals surface area contributed by atoms with Crippen LogP contribution in [0.5, 0.6) is 0 Å². The number of rotatable bonds is 2. The molecular formula is C5H6N2O. The second kappa shape index (κ2) is 4.00. The van der Waals surface area contributed by atoms with Crippen LogP contribution in [0.3, 0.4) is 0 Å². The molecule has 0 fully saturated rings. The van der Waals surface area contributed by atoms with Crippen molar-refractivity contribution >= 4 is 12.0 Å². The van der Waals surface area contributed by atoms with Crippen molar-refractivity contribution in [2.75, 3.05) is 6.54 Å². The molecule has 0 N–H and O–H groups in total. The standard InChI is InChI=1S/C5H6N2O/c1-5(8)4-7-3-2-6/h4H,3H2,1H3. The topological polar surface area (TPSA) is 53.2 Å². The Hall–Kier alpha value is -1.17. The highest BCUT2D eigenvalue weighted by Crippen LogP contribution is 1.64. The molecule has 3 nitrogen and oxygen atoms in total. The van der Waals surface area contributed by atoms with Gasteiger partial charge in [0.1, 0.15) is 6.54 Å². The Morgan fingerprint density at radius 1 is 2.00 bits per heavy atom. The first-order valence-corrected chi connectivity index (χ1v) is 2.14. The second-order valence-corrected chi connectivity index (χ2v) is 1.24. The van der Waals surface area contributed by atoms with Gasteiger partial charge >= 0.3 is 0 Å². The van der Waals surface area contributed by atoms with Crippen molar-refractivity contribution in [1.82, 2.24) is 0 Å². The van der Waals surface area contributed by atoms with Gasteiger partial charge in [-0.15, -0.1) is 0 Å². The first kappa shape index (κ1) is 6.83. The van der Waals surface area contributed by atoms with Gasteiger partial charge < -0.3 is 0 Å². The third-order valence-corrected chi connectivity index (χ3v) is 0.435. The normalized spacial score (nSPS) is 9.00. The highest BCUT2D eigenvalue weighted by atomic mass is 16.1. The fourth-order valence-electron chi connectivity index (χ4n) is 0.215. The monoisotopic (exact) mass is 110 g/mol. The Morgan fingerprint density at radius 2 is 2.62 bits per heavy atom. The summed E-state index contributed by atoms with van der Waals surface area (Å²) in [5.74, 6) is -0.125. The van der Waals surface area contributed by atoms with Crippen LogP contribution in [0, 0.1) is 11.3 Å². The zero-order valence-corrected chi connectivity index (χ0v) is 4.59. The summed E-state index contributed by atoms with van der Waals surface area (Å²) in [5, 5.41) is 7.90. The van der Waals surface area contributed by atoms with E-state index >= 15 is 0 Å². The molecule has 0 aliphatic carbocycles. The molecule has 0 aromatic heterocycles. The van der Waals surface area contributed by atoms with E-state index < -0.39 is 0 Å². The number of nitriles is 1. The number of carbonyl (C=O) groups is 1. The van der Waals surface area contributed by atoms with Crippen LogP contribution in [-0.4, -0.2) is 18.5 Å². The van der Waals surface area contributed by atoms with Gasteiger partial charge in [0.05, 0.1) is 12.3 Å². The molecule has 0 heterocycles. The van der Waals surface area contributed by atoms with E-state index in [0.29, 0.717) is 0 Å². The Balaban J connectivity index is 3.38. The van der Waals surface area contributed by atoms with E-state index in [0.717, 1.165) is 6.21 Å². The fraction of sp³-hybridized carbons (Fsp3) is 0.400. The zero-order valence-electron chi connectivity index (χ0n) is 4.59. The van der Waals surface area contributed by atoms with Crippen molar-refractivity contribution in [1.29, 1.82) is 5.26 Å². The quantitative estimate of drug-likeness (QED) is 0.376. The van der Waals surface area contributed by atoms with Crippen molar-refractivity contribution in [3.63, 3.8) is 0 Å². The lowest BCUT2D eigenvalue weighted by molar-refractivity contribution is -0.110. The molecule has 42 valence electrons. The van der Waals surface area contributed by atoms with Crippen molar-refractivity contribution in [3.8, 4) is 6.07 Å². The summed E-state index contributed by atoms with van der Waals surface area (Å²) >= 11 is 0. The molecule has 0 atom stereocenters. The Kier molecular flexibility index (Phi) is 3.42. The molecule has 3 heteroatoms. The maximum atomic E-state index is 10.1. The minimum atomic E-state index is -0.125. The summed E-state index contributed by atoms with van der Waals surface area (Å²) in [7, 11) is 0. The zero-order chi connectivity index (χ0) is 6.41. The minimum Gasteiger partial charge on any atom is -0.293 e. The van der Waals surface area contributed by atoms with Crippen LogP contribution in [0.1, 0.15) is 6.92 Å². The second-order valence-electron chi connectivity index (χ2n) is 1.24. The Bertz CT molecular complexity index is 143. The smallest absolute Gasteiger partial charge is 0.170 e. The van der Waals surface area contributed by atoms with Gasteiger partial charge in [-0.3, -0.25) is 9.79 Å². The van der Waals surface area contributed by atoms with Crippen LogP contribution in [0.2, 0.25) is 0 Å². The lowest BCUT2D eigenvalue weighted by Crippen LogP contribution is -1.89. The SMILES string of the molecule is CC(=O)C=NCC#N. The number of hydrogen-bond donors (Lipinski definition) is 0. The molecule has 0 rings (SSSR count). The highest BCUT2D eigenvalue weighted by Gasteiger charge is 1.78. The van der Waals surface area contributed by atoms with Crippen molar-refractivity contribution in [2.24, 2.45) is 4.99 Å². The largest absolute Gasteiger partial charge is 0.293 e. The lowest BCUT2D eigenvalue weighted by atomic mass is 10.5. The molecule has 0 aromatic rings. The summed E-state index contributed by atoms with van der Waals surface area (Å²) in [6.45, 7) is 1.46. The minimum absolute atomic E-state index is 0.0690. The highest BCUT2D eigenvalue weighted by molar-refractivity contribution is 6.26. The van der Waals surface area contributed by atoms with Crippen LogP contribution < -0.4 is 0 Å². The van der Waals surface area contributed by atoms with Crippen LogP contribution in [0.4, 0.5) is 0 Å². The molecule has 0 saturated carbocycles. The summed E-state index contributed by atoms with van der Waals surface area (Å²) < 4.78 is 0. The van der Waals surface area contributed by atoms with Gasteiger partial charge in [0.15, 0.2) is 5.78 Å². The number of nitrogens with zero attached hydrogens (tertiary/aromatic N) is 2. The molecule has 0 bridgehead atoms. The molecular weight excluding hydrogens is 104 g/mol. The van der Waals surface area contributed by atoms with Crippen molar-refractivity contribution < 1.29 is 4.79 Å². The Labute approximate surface area is 47.6 Å². The van der Waals surface area contributed by atoms with Gasteiger partial charge in [-0.25, -0.2) is 0 Å². The maximum absolute atomic E-state index is 10.1. The number of carbonyl (C=O) groups excluding carboxylic acids is 1. The molecule has 0 aromatic carbocycles. The summed E-state index contributed by atoms with van der Waals surface area (Å²) in [6, 6.07) is 1.77. The fourth-order valence-corrected chi connectivity index (χ4v) is 0.215. The van der Waals surface area contributed by atoms with Crippen LogP contribution in [0.25, 0.3) is 0 Å². The van der Waals surface area contributed by atoms with E-state index in [1.807, 2.05) is 0 Å². The summed E-state index contributed by atoms with van der Waals surface area (Å²) in [4.78, 5) is 13.5. The van der Waals surface area contributed by atoms with Crippen molar-refractivity contribution in [3.05, 3.63) is 0 Å². The van der Waals surface area contributed by atoms with Crippen molar-refractivity contribution in [2.45, 2.75) is 6.92 Å². The van der Waals surface area contributed by atoms with Crippen LogP contribution >= 0.6 is 0 Å². The summed E-state index contributed by atoms with van der Waals surface area (Å²) in [6.07, 6.45) is 1.14.